The lowest BCUT2D eigenvalue weighted by Gasteiger charge is -2.34. The number of anilines is 1. The maximum absolute atomic E-state index is 13.0. The summed E-state index contributed by atoms with van der Waals surface area (Å²) in [6.45, 7) is 6.80. The molecule has 1 saturated heterocycles. The lowest BCUT2D eigenvalue weighted by Crippen LogP contribution is -2.45. The number of aromatic nitrogens is 1. The molecule has 10 heteroatoms. The van der Waals surface area contributed by atoms with Crippen molar-refractivity contribution >= 4 is 38.5 Å². The fourth-order valence-electron chi connectivity index (χ4n) is 5.18. The zero-order valence-electron chi connectivity index (χ0n) is 23.1. The van der Waals surface area contributed by atoms with Gasteiger partial charge >= 0.3 is 6.09 Å². The van der Waals surface area contributed by atoms with Crippen molar-refractivity contribution in [1.29, 1.82) is 0 Å². The molecule has 0 bridgehead atoms. The van der Waals surface area contributed by atoms with Crippen LogP contribution in [0.3, 0.4) is 0 Å². The van der Waals surface area contributed by atoms with Crippen LogP contribution in [0, 0.1) is 11.8 Å². The number of hydrogen-bond acceptors (Lipinski definition) is 6. The highest BCUT2D eigenvalue weighted by Gasteiger charge is 2.44. The number of amides is 2. The van der Waals surface area contributed by atoms with Crippen molar-refractivity contribution in [3.05, 3.63) is 66.5 Å². The van der Waals surface area contributed by atoms with Gasteiger partial charge in [0.1, 0.15) is 5.60 Å². The van der Waals surface area contributed by atoms with Gasteiger partial charge in [0.15, 0.2) is 0 Å². The van der Waals surface area contributed by atoms with E-state index in [0.717, 1.165) is 41.3 Å². The van der Waals surface area contributed by atoms with E-state index in [0.29, 0.717) is 13.1 Å². The lowest BCUT2D eigenvalue weighted by atomic mass is 9.99. The molecule has 5 rings (SSSR count). The van der Waals surface area contributed by atoms with Crippen molar-refractivity contribution in [2.24, 2.45) is 11.8 Å². The maximum atomic E-state index is 13.0. The van der Waals surface area contributed by atoms with Gasteiger partial charge in [-0.2, -0.15) is 0 Å². The summed E-state index contributed by atoms with van der Waals surface area (Å²) in [5.41, 5.74) is 1.12. The Hall–Kier alpha value is -3.50. The van der Waals surface area contributed by atoms with Crippen LogP contribution >= 0.6 is 0 Å². The number of pyridine rings is 1. The van der Waals surface area contributed by atoms with E-state index in [1.807, 2.05) is 45.0 Å². The molecular weight excluding hydrogens is 528 g/mol. The van der Waals surface area contributed by atoms with E-state index in [2.05, 4.69) is 15.0 Å². The van der Waals surface area contributed by atoms with E-state index in [9.17, 15) is 18.0 Å². The molecule has 1 aromatic heterocycles. The molecule has 1 aliphatic carbocycles. The van der Waals surface area contributed by atoms with Crippen LogP contribution in [0.15, 0.2) is 65.8 Å². The summed E-state index contributed by atoms with van der Waals surface area (Å²) in [7, 11) is -3.71. The zero-order valence-corrected chi connectivity index (χ0v) is 23.9. The van der Waals surface area contributed by atoms with Crippen molar-refractivity contribution < 1.29 is 22.7 Å². The number of nitrogens with zero attached hydrogens (tertiary/aromatic N) is 2. The maximum Gasteiger partial charge on any atom is 0.410 e. The van der Waals surface area contributed by atoms with Crippen LogP contribution in [0.4, 0.5) is 10.5 Å². The van der Waals surface area contributed by atoms with Crippen molar-refractivity contribution in [1.82, 2.24) is 14.6 Å². The van der Waals surface area contributed by atoms with Gasteiger partial charge in [-0.1, -0.05) is 18.2 Å². The number of piperidine rings is 1. The Balaban J connectivity index is 1.13. The van der Waals surface area contributed by atoms with Crippen LogP contribution in [0.25, 0.3) is 10.8 Å². The molecule has 0 radical (unpaired) electrons. The molecule has 40 heavy (non-hydrogen) atoms. The number of likely N-dealkylation sites (tertiary alicyclic amines) is 1. The summed E-state index contributed by atoms with van der Waals surface area (Å²) in [6.07, 6.45) is 5.51. The number of hydrogen-bond donors (Lipinski definition) is 2. The summed E-state index contributed by atoms with van der Waals surface area (Å²) in [4.78, 5) is 31.2. The highest BCUT2D eigenvalue weighted by molar-refractivity contribution is 7.89. The van der Waals surface area contributed by atoms with E-state index in [4.69, 9.17) is 4.74 Å². The minimum atomic E-state index is -3.71. The fraction of sp³-hybridized carbons (Fsp3) is 0.433. The molecule has 3 aromatic rings. The van der Waals surface area contributed by atoms with Gasteiger partial charge in [0.25, 0.3) is 0 Å². The van der Waals surface area contributed by atoms with Crippen LogP contribution in [0.1, 0.15) is 51.5 Å². The summed E-state index contributed by atoms with van der Waals surface area (Å²) >= 11 is 0. The Morgan fingerprint density at radius 3 is 2.60 bits per heavy atom. The fourth-order valence-corrected chi connectivity index (χ4v) is 6.29. The number of carbonyl (C=O) groups excluding carboxylic acids is 2. The Bertz CT molecular complexity index is 1500. The third kappa shape index (κ3) is 6.79. The standard InChI is InChI=1S/C30H36N4O5S/c1-30(2,3)39-29(36)34-14-4-5-20(19-34)17-32-40(37,38)25-10-7-21(8-11-25)26-16-27(26)28(35)33-24-9-6-23-18-31-13-12-22(23)15-24/h6-13,15,18,20,26-27,32H,4-5,14,16-17,19H2,1-3H3,(H,33,35)/t20-,26+,27-/m1/s1. The first kappa shape index (κ1) is 28.0. The minimum Gasteiger partial charge on any atom is -0.444 e. The summed E-state index contributed by atoms with van der Waals surface area (Å²) in [5.74, 6) is -0.103. The van der Waals surface area contributed by atoms with Crippen LogP contribution in [0.5, 0.6) is 0 Å². The Morgan fingerprint density at radius 2 is 1.85 bits per heavy atom. The first-order valence-electron chi connectivity index (χ1n) is 13.7. The van der Waals surface area contributed by atoms with E-state index < -0.39 is 15.6 Å². The molecule has 2 heterocycles. The van der Waals surface area contributed by atoms with Gasteiger partial charge in [0, 0.05) is 49.0 Å². The van der Waals surface area contributed by atoms with Crippen molar-refractivity contribution in [2.75, 3.05) is 25.0 Å². The van der Waals surface area contributed by atoms with Crippen molar-refractivity contribution in [3.63, 3.8) is 0 Å². The van der Waals surface area contributed by atoms with Gasteiger partial charge in [-0.25, -0.2) is 17.9 Å². The average Bonchev–Trinajstić information content (AvgIpc) is 3.73. The summed E-state index contributed by atoms with van der Waals surface area (Å²) in [5, 5.41) is 5.02. The number of sulfonamides is 1. The monoisotopic (exact) mass is 564 g/mol. The van der Waals surface area contributed by atoms with Gasteiger partial charge in [-0.3, -0.25) is 9.78 Å². The molecule has 3 atom stereocenters. The van der Waals surface area contributed by atoms with E-state index in [1.54, 1.807) is 41.6 Å². The van der Waals surface area contributed by atoms with Crippen LogP contribution in [-0.4, -0.2) is 55.5 Å². The molecule has 1 aliphatic heterocycles. The third-order valence-corrected chi connectivity index (χ3v) is 8.83. The van der Waals surface area contributed by atoms with Gasteiger partial charge < -0.3 is 15.0 Å². The molecule has 2 amide bonds. The lowest BCUT2D eigenvalue weighted by molar-refractivity contribution is -0.117. The first-order chi connectivity index (χ1) is 19.0. The second kappa shape index (κ2) is 11.2. The topological polar surface area (TPSA) is 118 Å². The Labute approximate surface area is 235 Å². The minimum absolute atomic E-state index is 0.0142. The quantitative estimate of drug-likeness (QED) is 0.421. The highest BCUT2D eigenvalue weighted by Crippen LogP contribution is 2.48. The Morgan fingerprint density at radius 1 is 1.07 bits per heavy atom. The molecule has 0 unspecified atom stereocenters. The van der Waals surface area contributed by atoms with Gasteiger partial charge in [-0.05, 0) is 93.2 Å². The number of nitrogens with one attached hydrogen (secondary N) is 2. The SMILES string of the molecule is CC(C)(C)OC(=O)N1CCC[C@H](CNS(=O)(=O)c2ccc([C@@H]3C[C@H]3C(=O)Nc3ccc4cnccc4c3)cc2)C1. The number of ether oxygens (including phenoxy) is 1. The van der Waals surface area contributed by atoms with E-state index in [1.165, 1.54) is 0 Å². The molecule has 2 aliphatic rings. The average molecular weight is 565 g/mol. The molecule has 0 spiro atoms. The summed E-state index contributed by atoms with van der Waals surface area (Å²) < 4.78 is 34.1. The molecule has 212 valence electrons. The van der Waals surface area contributed by atoms with Gasteiger partial charge in [0.2, 0.25) is 15.9 Å². The second-order valence-corrected chi connectivity index (χ2v) is 13.5. The van der Waals surface area contributed by atoms with E-state index >= 15 is 0 Å². The predicted molar refractivity (Wildman–Crippen MR) is 153 cm³/mol. The van der Waals surface area contributed by atoms with Gasteiger partial charge in [-0.15, -0.1) is 0 Å². The number of benzene rings is 2. The molecule has 9 nitrogen and oxygen atoms in total. The molecule has 1 saturated carbocycles. The second-order valence-electron chi connectivity index (χ2n) is 11.7. The zero-order chi connectivity index (χ0) is 28.5. The number of rotatable bonds is 7. The smallest absolute Gasteiger partial charge is 0.410 e. The van der Waals surface area contributed by atoms with Crippen molar-refractivity contribution in [3.8, 4) is 0 Å². The Kier molecular flexibility index (Phi) is 7.83. The van der Waals surface area contributed by atoms with Crippen molar-refractivity contribution in [2.45, 2.75) is 56.4 Å². The molecule has 2 fully saturated rings. The van der Waals surface area contributed by atoms with E-state index in [-0.39, 0.29) is 41.2 Å². The first-order valence-corrected chi connectivity index (χ1v) is 15.2. The predicted octanol–water partition coefficient (Wildman–Crippen LogP) is 4.90. The number of carbonyl (C=O) groups is 2. The number of fused-ring (bicyclic) bond motifs is 1. The molecule has 2 aromatic carbocycles. The van der Waals surface area contributed by atoms with Gasteiger partial charge in [0.05, 0.1) is 4.90 Å². The third-order valence-electron chi connectivity index (χ3n) is 7.39. The summed E-state index contributed by atoms with van der Waals surface area (Å²) in [6, 6.07) is 14.4. The highest BCUT2D eigenvalue weighted by atomic mass is 32.2. The van der Waals surface area contributed by atoms with Crippen LogP contribution in [-0.2, 0) is 19.6 Å². The molecular formula is C30H36N4O5S. The normalized spacial score (nSPS) is 21.2. The molecule has 2 N–H and O–H groups in total. The largest absolute Gasteiger partial charge is 0.444 e. The van der Waals surface area contributed by atoms with Crippen LogP contribution < -0.4 is 10.0 Å². The van der Waals surface area contributed by atoms with Crippen LogP contribution in [0.2, 0.25) is 0 Å².